The van der Waals surface area contributed by atoms with Crippen molar-refractivity contribution >= 4 is 0 Å². The van der Waals surface area contributed by atoms with Crippen molar-refractivity contribution in [2.24, 2.45) is 0 Å². The summed E-state index contributed by atoms with van der Waals surface area (Å²) in [5.41, 5.74) is 0.779. The molecule has 2 rings (SSSR count). The lowest BCUT2D eigenvalue weighted by Crippen LogP contribution is -1.98. The minimum atomic E-state index is 0.211. The van der Waals surface area contributed by atoms with E-state index >= 15 is 0 Å². The van der Waals surface area contributed by atoms with Crippen molar-refractivity contribution in [1.29, 1.82) is 0 Å². The SMILES string of the molecule is CCCC(CCC)c1nc(-c2cccc(O)c2)no1. The number of phenols is 1. The maximum atomic E-state index is 9.47. The maximum Gasteiger partial charge on any atom is 0.230 e. The predicted octanol–water partition coefficient (Wildman–Crippen LogP) is 4.13. The lowest BCUT2D eigenvalue weighted by atomic mass is 9.98. The van der Waals surface area contributed by atoms with Gasteiger partial charge in [-0.25, -0.2) is 0 Å². The van der Waals surface area contributed by atoms with Crippen molar-refractivity contribution in [3.05, 3.63) is 30.2 Å². The van der Waals surface area contributed by atoms with E-state index in [1.165, 1.54) is 0 Å². The van der Waals surface area contributed by atoms with Crippen LogP contribution in [0.1, 0.15) is 51.3 Å². The van der Waals surface area contributed by atoms with Gasteiger partial charge in [0.25, 0.3) is 0 Å². The molecule has 4 nitrogen and oxygen atoms in total. The second-order valence-corrected chi connectivity index (χ2v) is 4.78. The third-order valence-corrected chi connectivity index (χ3v) is 3.17. The fourth-order valence-corrected chi connectivity index (χ4v) is 2.25. The van der Waals surface area contributed by atoms with E-state index in [1.54, 1.807) is 18.2 Å². The highest BCUT2D eigenvalue weighted by molar-refractivity contribution is 5.56. The van der Waals surface area contributed by atoms with Crippen LogP contribution in [0, 0.1) is 0 Å². The molecule has 0 aliphatic heterocycles. The molecular weight excluding hydrogens is 240 g/mol. The first kappa shape index (κ1) is 13.6. The Morgan fingerprint density at radius 2 is 1.95 bits per heavy atom. The Labute approximate surface area is 113 Å². The minimum Gasteiger partial charge on any atom is -0.508 e. The fourth-order valence-electron chi connectivity index (χ4n) is 2.25. The molecule has 0 aliphatic rings. The molecule has 0 unspecified atom stereocenters. The number of phenolic OH excluding ortho intramolecular Hbond substituents is 1. The first-order valence-electron chi connectivity index (χ1n) is 6.87. The molecule has 1 aromatic carbocycles. The Balaban J connectivity index is 2.22. The highest BCUT2D eigenvalue weighted by Gasteiger charge is 2.18. The van der Waals surface area contributed by atoms with Crippen molar-refractivity contribution in [2.45, 2.75) is 45.4 Å². The monoisotopic (exact) mass is 260 g/mol. The van der Waals surface area contributed by atoms with Gasteiger partial charge >= 0.3 is 0 Å². The van der Waals surface area contributed by atoms with Crippen LogP contribution in [-0.4, -0.2) is 15.2 Å². The van der Waals surface area contributed by atoms with E-state index in [-0.39, 0.29) is 5.75 Å². The topological polar surface area (TPSA) is 59.2 Å². The molecule has 2 aromatic rings. The van der Waals surface area contributed by atoms with Gasteiger partial charge in [-0.1, -0.05) is 44.0 Å². The molecule has 1 heterocycles. The van der Waals surface area contributed by atoms with Crippen LogP contribution >= 0.6 is 0 Å². The second kappa shape index (κ2) is 6.36. The van der Waals surface area contributed by atoms with Crippen molar-refractivity contribution in [1.82, 2.24) is 10.1 Å². The molecule has 0 saturated carbocycles. The summed E-state index contributed by atoms with van der Waals surface area (Å²) in [6.07, 6.45) is 4.34. The third-order valence-electron chi connectivity index (χ3n) is 3.17. The summed E-state index contributed by atoms with van der Waals surface area (Å²) in [6.45, 7) is 4.32. The van der Waals surface area contributed by atoms with Crippen LogP contribution in [0.4, 0.5) is 0 Å². The summed E-state index contributed by atoms with van der Waals surface area (Å²) in [5.74, 6) is 1.81. The molecule has 0 amide bonds. The summed E-state index contributed by atoms with van der Waals surface area (Å²) in [7, 11) is 0. The Morgan fingerprint density at radius 3 is 2.58 bits per heavy atom. The third kappa shape index (κ3) is 3.34. The van der Waals surface area contributed by atoms with Crippen molar-refractivity contribution in [3.8, 4) is 17.1 Å². The van der Waals surface area contributed by atoms with E-state index in [2.05, 4.69) is 24.0 Å². The summed E-state index contributed by atoms with van der Waals surface area (Å²) in [5, 5.41) is 13.5. The number of benzene rings is 1. The second-order valence-electron chi connectivity index (χ2n) is 4.78. The Morgan fingerprint density at radius 1 is 1.21 bits per heavy atom. The number of rotatable bonds is 6. The predicted molar refractivity (Wildman–Crippen MR) is 74.0 cm³/mol. The van der Waals surface area contributed by atoms with E-state index in [0.29, 0.717) is 17.6 Å². The first-order chi connectivity index (χ1) is 9.24. The number of aromatic nitrogens is 2. The van der Waals surface area contributed by atoms with Gasteiger partial charge in [-0.15, -0.1) is 0 Å². The van der Waals surface area contributed by atoms with Gasteiger partial charge < -0.3 is 9.63 Å². The highest BCUT2D eigenvalue weighted by Crippen LogP contribution is 2.27. The van der Waals surface area contributed by atoms with Gasteiger partial charge in [-0.3, -0.25) is 0 Å². The van der Waals surface area contributed by atoms with E-state index in [4.69, 9.17) is 4.52 Å². The Hall–Kier alpha value is -1.84. The van der Waals surface area contributed by atoms with E-state index < -0.39 is 0 Å². The summed E-state index contributed by atoms with van der Waals surface area (Å²) in [6, 6.07) is 6.91. The number of hydrogen-bond acceptors (Lipinski definition) is 4. The van der Waals surface area contributed by atoms with Crippen molar-refractivity contribution < 1.29 is 9.63 Å². The van der Waals surface area contributed by atoms with E-state index in [9.17, 15) is 5.11 Å². The average molecular weight is 260 g/mol. The smallest absolute Gasteiger partial charge is 0.230 e. The summed E-state index contributed by atoms with van der Waals surface area (Å²) in [4.78, 5) is 4.47. The van der Waals surface area contributed by atoms with Crippen molar-refractivity contribution in [2.75, 3.05) is 0 Å². The Kier molecular flexibility index (Phi) is 4.55. The molecule has 1 aromatic heterocycles. The lowest BCUT2D eigenvalue weighted by Gasteiger charge is -2.08. The van der Waals surface area contributed by atoms with Gasteiger partial charge in [0.15, 0.2) is 0 Å². The molecule has 0 fully saturated rings. The van der Waals surface area contributed by atoms with Crippen LogP contribution in [0.25, 0.3) is 11.4 Å². The zero-order valence-electron chi connectivity index (χ0n) is 11.5. The van der Waals surface area contributed by atoms with Crippen molar-refractivity contribution in [3.63, 3.8) is 0 Å². The van der Waals surface area contributed by atoms with Crippen LogP contribution in [0.15, 0.2) is 28.8 Å². The largest absolute Gasteiger partial charge is 0.508 e. The lowest BCUT2D eigenvalue weighted by molar-refractivity contribution is 0.337. The number of nitrogens with zero attached hydrogens (tertiary/aromatic N) is 2. The summed E-state index contributed by atoms with van der Waals surface area (Å²) >= 11 is 0. The molecule has 1 N–H and O–H groups in total. The number of hydrogen-bond donors (Lipinski definition) is 1. The van der Waals surface area contributed by atoms with Gasteiger partial charge in [-0.05, 0) is 25.0 Å². The zero-order valence-corrected chi connectivity index (χ0v) is 11.5. The molecular formula is C15H20N2O2. The highest BCUT2D eigenvalue weighted by atomic mass is 16.5. The van der Waals surface area contributed by atoms with Crippen LogP contribution < -0.4 is 0 Å². The standard InChI is InChI=1S/C15H20N2O2/c1-3-6-11(7-4-2)15-16-14(17-19-15)12-8-5-9-13(18)10-12/h5,8-11,18H,3-4,6-7H2,1-2H3. The molecule has 0 atom stereocenters. The van der Waals surface area contributed by atoms with Gasteiger partial charge in [-0.2, -0.15) is 4.98 Å². The quantitative estimate of drug-likeness (QED) is 0.848. The molecule has 19 heavy (non-hydrogen) atoms. The minimum absolute atomic E-state index is 0.211. The van der Waals surface area contributed by atoms with Gasteiger partial charge in [0, 0.05) is 11.5 Å². The normalized spacial score (nSPS) is 11.1. The Bertz CT molecular complexity index is 516. The van der Waals surface area contributed by atoms with Gasteiger partial charge in [0.2, 0.25) is 11.7 Å². The molecule has 0 spiro atoms. The summed E-state index contributed by atoms with van der Waals surface area (Å²) < 4.78 is 5.38. The fraction of sp³-hybridized carbons (Fsp3) is 0.467. The zero-order chi connectivity index (χ0) is 13.7. The molecule has 0 bridgehead atoms. The van der Waals surface area contributed by atoms with Crippen LogP contribution in [0.2, 0.25) is 0 Å². The number of aromatic hydroxyl groups is 1. The van der Waals surface area contributed by atoms with Gasteiger partial charge in [0.05, 0.1) is 0 Å². The molecule has 102 valence electrons. The average Bonchev–Trinajstić information content (AvgIpc) is 2.88. The van der Waals surface area contributed by atoms with E-state index in [1.807, 2.05) is 6.07 Å². The van der Waals surface area contributed by atoms with Crippen LogP contribution in [0.5, 0.6) is 5.75 Å². The van der Waals surface area contributed by atoms with Crippen LogP contribution in [-0.2, 0) is 0 Å². The maximum absolute atomic E-state index is 9.47. The molecule has 0 radical (unpaired) electrons. The van der Waals surface area contributed by atoms with Crippen LogP contribution in [0.3, 0.4) is 0 Å². The molecule has 0 saturated heterocycles. The molecule has 4 heteroatoms. The molecule has 0 aliphatic carbocycles. The van der Waals surface area contributed by atoms with E-state index in [0.717, 1.165) is 31.2 Å². The van der Waals surface area contributed by atoms with Gasteiger partial charge in [0.1, 0.15) is 5.75 Å². The first-order valence-corrected chi connectivity index (χ1v) is 6.87.